The summed E-state index contributed by atoms with van der Waals surface area (Å²) < 4.78 is 8.93. The average molecular weight is 410 g/mol. The molecule has 1 fully saturated rings. The largest absolute Gasteiger partial charge is 0.377 e. The fourth-order valence-corrected chi connectivity index (χ4v) is 3.84. The number of rotatable bonds is 4. The first-order chi connectivity index (χ1) is 14.4. The smallest absolute Gasteiger partial charge is 0.275 e. The number of hydrogen-bond donors (Lipinski definition) is 0. The van der Waals surface area contributed by atoms with Crippen LogP contribution in [0.5, 0.6) is 0 Å². The minimum absolute atomic E-state index is 0.0355. The van der Waals surface area contributed by atoms with Crippen LogP contribution >= 0.6 is 0 Å². The van der Waals surface area contributed by atoms with Gasteiger partial charge < -0.3 is 9.64 Å². The van der Waals surface area contributed by atoms with Crippen LogP contribution in [0, 0.1) is 24.0 Å². The van der Waals surface area contributed by atoms with Crippen molar-refractivity contribution in [2.24, 2.45) is 7.05 Å². The van der Waals surface area contributed by atoms with E-state index in [1.807, 2.05) is 20.9 Å². The van der Waals surface area contributed by atoms with Crippen LogP contribution in [0.1, 0.15) is 33.5 Å². The predicted octanol–water partition coefficient (Wildman–Crippen LogP) is 2.34. The van der Waals surface area contributed by atoms with Gasteiger partial charge in [0.15, 0.2) is 5.69 Å². The quantitative estimate of drug-likeness (QED) is 0.483. The fraction of sp³-hybridized carbons (Fsp3) is 0.350. The van der Waals surface area contributed by atoms with Crippen molar-refractivity contribution in [3.05, 3.63) is 69.3 Å². The van der Waals surface area contributed by atoms with Gasteiger partial charge >= 0.3 is 0 Å². The van der Waals surface area contributed by atoms with Gasteiger partial charge in [-0.3, -0.25) is 19.6 Å². The molecule has 1 amide bonds. The Morgan fingerprint density at radius 2 is 2.07 bits per heavy atom. The van der Waals surface area contributed by atoms with E-state index < -0.39 is 4.92 Å². The Kier molecular flexibility index (Phi) is 5.08. The number of nitro benzene ring substituents is 1. The molecule has 10 nitrogen and oxygen atoms in total. The molecule has 2 aromatic heterocycles. The fourth-order valence-electron chi connectivity index (χ4n) is 3.84. The Morgan fingerprint density at radius 1 is 1.27 bits per heavy atom. The molecule has 156 valence electrons. The molecule has 1 aliphatic rings. The zero-order valence-corrected chi connectivity index (χ0v) is 17.0. The average Bonchev–Trinajstić information content (AvgIpc) is 3.33. The number of non-ortho nitro benzene ring substituents is 1. The van der Waals surface area contributed by atoms with E-state index >= 15 is 0 Å². The molecule has 3 aromatic rings. The van der Waals surface area contributed by atoms with Crippen molar-refractivity contribution in [3.63, 3.8) is 0 Å². The summed E-state index contributed by atoms with van der Waals surface area (Å²) in [5.41, 5.74) is 3.59. The Labute approximate surface area is 172 Å². The van der Waals surface area contributed by atoms with Crippen molar-refractivity contribution in [3.8, 4) is 5.69 Å². The molecule has 0 bridgehead atoms. The number of benzene rings is 1. The van der Waals surface area contributed by atoms with E-state index in [0.29, 0.717) is 25.4 Å². The summed E-state index contributed by atoms with van der Waals surface area (Å²) in [6.45, 7) is 5.19. The van der Waals surface area contributed by atoms with Gasteiger partial charge in [0.2, 0.25) is 0 Å². The molecular formula is C20H22N6O4. The van der Waals surface area contributed by atoms with Crippen LogP contribution in [0.15, 0.2) is 36.5 Å². The number of amides is 1. The van der Waals surface area contributed by atoms with Crippen molar-refractivity contribution < 1.29 is 14.5 Å². The highest BCUT2D eigenvalue weighted by Crippen LogP contribution is 2.30. The van der Waals surface area contributed by atoms with Gasteiger partial charge in [0.1, 0.15) is 0 Å². The lowest BCUT2D eigenvalue weighted by Crippen LogP contribution is -2.44. The summed E-state index contributed by atoms with van der Waals surface area (Å²) in [5.74, 6) is -0.213. The summed E-state index contributed by atoms with van der Waals surface area (Å²) >= 11 is 0. The van der Waals surface area contributed by atoms with Crippen molar-refractivity contribution in [1.82, 2.24) is 24.5 Å². The van der Waals surface area contributed by atoms with Crippen LogP contribution in [0.25, 0.3) is 5.69 Å². The number of aromatic nitrogens is 4. The molecule has 4 rings (SSSR count). The second-order valence-electron chi connectivity index (χ2n) is 7.22. The normalized spacial score (nSPS) is 16.6. The van der Waals surface area contributed by atoms with Gasteiger partial charge in [0.25, 0.3) is 11.6 Å². The van der Waals surface area contributed by atoms with Crippen LogP contribution in [0.4, 0.5) is 5.69 Å². The lowest BCUT2D eigenvalue weighted by molar-refractivity contribution is -0.384. The molecule has 1 aromatic carbocycles. The zero-order valence-electron chi connectivity index (χ0n) is 17.0. The highest BCUT2D eigenvalue weighted by atomic mass is 16.6. The summed E-state index contributed by atoms with van der Waals surface area (Å²) in [4.78, 5) is 25.6. The second-order valence-corrected chi connectivity index (χ2v) is 7.22. The number of carbonyl (C=O) groups excluding carboxylic acids is 1. The topological polar surface area (TPSA) is 108 Å². The van der Waals surface area contributed by atoms with Gasteiger partial charge in [-0.15, -0.1) is 0 Å². The van der Waals surface area contributed by atoms with Crippen LogP contribution < -0.4 is 0 Å². The molecule has 0 unspecified atom stereocenters. The number of hydrogen-bond acceptors (Lipinski definition) is 6. The third-order valence-corrected chi connectivity index (χ3v) is 5.40. The van der Waals surface area contributed by atoms with E-state index in [9.17, 15) is 14.9 Å². The van der Waals surface area contributed by atoms with E-state index in [4.69, 9.17) is 4.74 Å². The SMILES string of the molecule is Cc1nn(C)c(C)c1[C@@H]1COCCN1C(=O)c1ccn(-c2cccc([N+](=O)[O-])c2)n1. The molecule has 1 aliphatic heterocycles. The Balaban J connectivity index is 1.64. The van der Waals surface area contributed by atoms with Crippen LogP contribution in [-0.4, -0.2) is 55.0 Å². The monoisotopic (exact) mass is 410 g/mol. The molecule has 0 spiro atoms. The maximum absolute atomic E-state index is 13.3. The summed E-state index contributed by atoms with van der Waals surface area (Å²) in [6.07, 6.45) is 1.63. The van der Waals surface area contributed by atoms with Crippen molar-refractivity contribution >= 4 is 11.6 Å². The summed E-state index contributed by atoms with van der Waals surface area (Å²) in [6, 6.07) is 7.49. The van der Waals surface area contributed by atoms with Gasteiger partial charge in [0, 0.05) is 43.2 Å². The first-order valence-electron chi connectivity index (χ1n) is 9.56. The number of ether oxygens (including phenoxy) is 1. The minimum atomic E-state index is -0.462. The molecule has 0 N–H and O–H groups in total. The third kappa shape index (κ3) is 3.45. The van der Waals surface area contributed by atoms with Crippen LogP contribution in [-0.2, 0) is 11.8 Å². The number of aryl methyl sites for hydroxylation is 2. The number of carbonyl (C=O) groups is 1. The van der Waals surface area contributed by atoms with Gasteiger partial charge in [-0.05, 0) is 26.0 Å². The molecule has 1 atom stereocenters. The van der Waals surface area contributed by atoms with Crippen molar-refractivity contribution in [2.45, 2.75) is 19.9 Å². The molecule has 1 saturated heterocycles. The van der Waals surface area contributed by atoms with E-state index in [-0.39, 0.29) is 23.3 Å². The molecule has 0 radical (unpaired) electrons. The van der Waals surface area contributed by atoms with E-state index in [0.717, 1.165) is 17.0 Å². The summed E-state index contributed by atoms with van der Waals surface area (Å²) in [7, 11) is 1.88. The summed E-state index contributed by atoms with van der Waals surface area (Å²) in [5, 5.41) is 19.9. The molecular weight excluding hydrogens is 388 g/mol. The van der Waals surface area contributed by atoms with Gasteiger partial charge in [-0.1, -0.05) is 6.07 Å². The number of morpholine rings is 1. The van der Waals surface area contributed by atoms with Crippen molar-refractivity contribution in [2.75, 3.05) is 19.8 Å². The molecule has 0 saturated carbocycles. The molecule has 10 heteroatoms. The van der Waals surface area contributed by atoms with E-state index in [2.05, 4.69) is 10.2 Å². The Hall–Kier alpha value is -3.53. The first-order valence-corrected chi connectivity index (χ1v) is 9.56. The Bertz CT molecular complexity index is 1120. The van der Waals surface area contributed by atoms with Crippen molar-refractivity contribution in [1.29, 1.82) is 0 Å². The lowest BCUT2D eigenvalue weighted by Gasteiger charge is -2.35. The Morgan fingerprint density at radius 3 is 2.77 bits per heavy atom. The second kappa shape index (κ2) is 7.71. The van der Waals surface area contributed by atoms with Gasteiger partial charge in [-0.25, -0.2) is 4.68 Å². The highest BCUT2D eigenvalue weighted by Gasteiger charge is 2.33. The number of nitrogens with zero attached hydrogens (tertiary/aromatic N) is 6. The van der Waals surface area contributed by atoms with Gasteiger partial charge in [0.05, 0.1) is 35.6 Å². The minimum Gasteiger partial charge on any atom is -0.377 e. The molecule has 30 heavy (non-hydrogen) atoms. The van der Waals surface area contributed by atoms with E-state index in [1.54, 1.807) is 34.0 Å². The predicted molar refractivity (Wildman–Crippen MR) is 107 cm³/mol. The zero-order chi connectivity index (χ0) is 21.4. The maximum Gasteiger partial charge on any atom is 0.275 e. The molecule has 3 heterocycles. The number of nitro groups is 1. The maximum atomic E-state index is 13.3. The lowest BCUT2D eigenvalue weighted by atomic mass is 10.0. The highest BCUT2D eigenvalue weighted by molar-refractivity contribution is 5.92. The van der Waals surface area contributed by atoms with Gasteiger partial charge in [-0.2, -0.15) is 10.2 Å². The van der Waals surface area contributed by atoms with E-state index in [1.165, 1.54) is 16.8 Å². The standard InChI is InChI=1S/C20H22N6O4/c1-13-19(14(2)23(3)21-13)18-12-30-10-9-24(18)20(27)17-7-8-25(22-17)15-5-4-6-16(11-15)26(28)29/h4-8,11,18H,9-10,12H2,1-3H3/t18-/m0/s1. The third-order valence-electron chi connectivity index (χ3n) is 5.40. The van der Waals surface area contributed by atoms with Crippen LogP contribution in [0.2, 0.25) is 0 Å². The first kappa shape index (κ1) is 19.8. The van der Waals surface area contributed by atoms with Crippen LogP contribution in [0.3, 0.4) is 0 Å². The molecule has 0 aliphatic carbocycles.